The summed E-state index contributed by atoms with van der Waals surface area (Å²) in [7, 11) is 1.53. The lowest BCUT2D eigenvalue weighted by Crippen LogP contribution is -2.46. The molecule has 0 amide bonds. The Morgan fingerprint density at radius 2 is 2.05 bits per heavy atom. The Hall–Kier alpha value is -1.13. The number of benzene rings is 1. The van der Waals surface area contributed by atoms with E-state index < -0.39 is 11.6 Å². The Bertz CT molecular complexity index is 470. The highest BCUT2D eigenvalue weighted by atomic mass is 19.1. The van der Waals surface area contributed by atoms with Gasteiger partial charge in [0.25, 0.3) is 0 Å². The Balaban J connectivity index is 2.28. The van der Waals surface area contributed by atoms with Gasteiger partial charge in [-0.2, -0.15) is 0 Å². The maximum atomic E-state index is 14.3. The first-order chi connectivity index (χ1) is 10.0. The maximum absolute atomic E-state index is 14.3. The van der Waals surface area contributed by atoms with E-state index in [-0.39, 0.29) is 5.82 Å². The minimum atomic E-state index is -0.448. The van der Waals surface area contributed by atoms with Crippen LogP contribution in [0.15, 0.2) is 18.2 Å². The van der Waals surface area contributed by atoms with Gasteiger partial charge in [0.2, 0.25) is 0 Å². The highest BCUT2D eigenvalue weighted by Crippen LogP contribution is 2.42. The molecule has 1 aromatic rings. The summed E-state index contributed by atoms with van der Waals surface area (Å²) < 4.78 is 25.4. The van der Waals surface area contributed by atoms with Crippen LogP contribution < -0.4 is 10.5 Å². The standard InChI is InChI=1S/C17H26FNO2/c1-4-21-17(9-7-12(2)8-10-17)16(19)14-6-5-13(20-3)11-15(14)18/h5-6,11-12,16H,4,7-10,19H2,1-3H3. The Morgan fingerprint density at radius 1 is 1.38 bits per heavy atom. The van der Waals surface area contributed by atoms with Crippen molar-refractivity contribution in [3.63, 3.8) is 0 Å². The van der Waals surface area contributed by atoms with Crippen LogP contribution in [-0.2, 0) is 4.74 Å². The van der Waals surface area contributed by atoms with E-state index in [4.69, 9.17) is 15.2 Å². The Kier molecular flexibility index (Phi) is 5.22. The van der Waals surface area contributed by atoms with Gasteiger partial charge in [0.15, 0.2) is 0 Å². The lowest BCUT2D eigenvalue weighted by Gasteiger charge is -2.43. The predicted molar refractivity (Wildman–Crippen MR) is 81.9 cm³/mol. The topological polar surface area (TPSA) is 44.5 Å². The van der Waals surface area contributed by atoms with Gasteiger partial charge in [-0.25, -0.2) is 4.39 Å². The average Bonchev–Trinajstić information content (AvgIpc) is 2.49. The molecular formula is C17H26FNO2. The van der Waals surface area contributed by atoms with Crippen molar-refractivity contribution >= 4 is 0 Å². The van der Waals surface area contributed by atoms with Crippen molar-refractivity contribution in [1.29, 1.82) is 0 Å². The molecule has 0 spiro atoms. The van der Waals surface area contributed by atoms with E-state index in [0.29, 0.717) is 23.8 Å². The second-order valence-electron chi connectivity index (χ2n) is 6.05. The quantitative estimate of drug-likeness (QED) is 0.898. The van der Waals surface area contributed by atoms with Gasteiger partial charge in [0.1, 0.15) is 11.6 Å². The van der Waals surface area contributed by atoms with Crippen LogP contribution in [0.4, 0.5) is 4.39 Å². The van der Waals surface area contributed by atoms with Crippen LogP contribution in [0.3, 0.4) is 0 Å². The normalized spacial score (nSPS) is 27.4. The second-order valence-corrected chi connectivity index (χ2v) is 6.05. The number of halogens is 1. The Labute approximate surface area is 126 Å². The SMILES string of the molecule is CCOC1(C(N)c2ccc(OC)cc2F)CCC(C)CC1. The number of hydrogen-bond donors (Lipinski definition) is 1. The van der Waals surface area contributed by atoms with Gasteiger partial charge >= 0.3 is 0 Å². The molecule has 1 atom stereocenters. The molecule has 0 bridgehead atoms. The number of rotatable bonds is 5. The zero-order chi connectivity index (χ0) is 15.5. The van der Waals surface area contributed by atoms with E-state index in [1.54, 1.807) is 12.1 Å². The third-order valence-corrected chi connectivity index (χ3v) is 4.66. The van der Waals surface area contributed by atoms with Gasteiger partial charge in [-0.05, 0) is 44.6 Å². The number of nitrogens with two attached hydrogens (primary N) is 1. The second kappa shape index (κ2) is 6.75. The van der Waals surface area contributed by atoms with E-state index in [0.717, 1.165) is 25.7 Å². The molecule has 0 aromatic heterocycles. The molecule has 1 saturated carbocycles. The molecule has 1 aromatic carbocycles. The van der Waals surface area contributed by atoms with Crippen molar-refractivity contribution in [2.75, 3.05) is 13.7 Å². The molecule has 4 heteroatoms. The van der Waals surface area contributed by atoms with Crippen LogP contribution in [0, 0.1) is 11.7 Å². The molecule has 2 rings (SSSR count). The van der Waals surface area contributed by atoms with Gasteiger partial charge in [0.05, 0.1) is 18.8 Å². The zero-order valence-electron chi connectivity index (χ0n) is 13.2. The largest absolute Gasteiger partial charge is 0.497 e. The third kappa shape index (κ3) is 3.38. The lowest BCUT2D eigenvalue weighted by atomic mass is 9.73. The lowest BCUT2D eigenvalue weighted by molar-refractivity contribution is -0.0902. The van der Waals surface area contributed by atoms with Crippen LogP contribution in [0.5, 0.6) is 5.75 Å². The van der Waals surface area contributed by atoms with Crippen molar-refractivity contribution in [3.05, 3.63) is 29.6 Å². The summed E-state index contributed by atoms with van der Waals surface area (Å²) in [6, 6.07) is 4.41. The van der Waals surface area contributed by atoms with Crippen LogP contribution in [0.25, 0.3) is 0 Å². The molecule has 3 nitrogen and oxygen atoms in total. The first-order valence-electron chi connectivity index (χ1n) is 7.75. The van der Waals surface area contributed by atoms with E-state index in [9.17, 15) is 4.39 Å². The summed E-state index contributed by atoms with van der Waals surface area (Å²) in [4.78, 5) is 0. The molecule has 1 fully saturated rings. The summed E-state index contributed by atoms with van der Waals surface area (Å²) >= 11 is 0. The molecule has 21 heavy (non-hydrogen) atoms. The van der Waals surface area contributed by atoms with Gasteiger partial charge in [0, 0.05) is 18.2 Å². The monoisotopic (exact) mass is 295 g/mol. The summed E-state index contributed by atoms with van der Waals surface area (Å²) in [6.45, 7) is 4.81. The smallest absolute Gasteiger partial charge is 0.131 e. The minimum absolute atomic E-state index is 0.320. The average molecular weight is 295 g/mol. The van der Waals surface area contributed by atoms with Crippen LogP contribution in [-0.4, -0.2) is 19.3 Å². The van der Waals surface area contributed by atoms with Crippen molar-refractivity contribution < 1.29 is 13.9 Å². The van der Waals surface area contributed by atoms with Crippen LogP contribution in [0.2, 0.25) is 0 Å². The van der Waals surface area contributed by atoms with Crippen molar-refractivity contribution in [3.8, 4) is 5.75 Å². The van der Waals surface area contributed by atoms with Gasteiger partial charge in [-0.1, -0.05) is 13.0 Å². The van der Waals surface area contributed by atoms with E-state index >= 15 is 0 Å². The van der Waals surface area contributed by atoms with Crippen LogP contribution >= 0.6 is 0 Å². The van der Waals surface area contributed by atoms with E-state index in [1.807, 2.05) is 6.92 Å². The summed E-state index contributed by atoms with van der Waals surface area (Å²) in [5, 5.41) is 0. The summed E-state index contributed by atoms with van der Waals surface area (Å²) in [6.07, 6.45) is 3.92. The highest BCUT2D eigenvalue weighted by Gasteiger charge is 2.41. The molecule has 0 heterocycles. The van der Waals surface area contributed by atoms with Gasteiger partial charge < -0.3 is 15.2 Å². The fourth-order valence-electron chi connectivity index (χ4n) is 3.25. The molecule has 0 aliphatic heterocycles. The Morgan fingerprint density at radius 3 is 2.57 bits per heavy atom. The highest BCUT2D eigenvalue weighted by molar-refractivity contribution is 5.32. The number of methoxy groups -OCH3 is 1. The third-order valence-electron chi connectivity index (χ3n) is 4.66. The molecular weight excluding hydrogens is 269 g/mol. The zero-order valence-corrected chi connectivity index (χ0v) is 13.2. The van der Waals surface area contributed by atoms with Crippen molar-refractivity contribution in [2.24, 2.45) is 11.7 Å². The fourth-order valence-corrected chi connectivity index (χ4v) is 3.25. The molecule has 0 radical (unpaired) electrons. The minimum Gasteiger partial charge on any atom is -0.497 e. The first kappa shape index (κ1) is 16.2. The summed E-state index contributed by atoms with van der Waals surface area (Å²) in [5.41, 5.74) is 6.49. The maximum Gasteiger partial charge on any atom is 0.131 e. The molecule has 1 aliphatic carbocycles. The fraction of sp³-hybridized carbons (Fsp3) is 0.647. The molecule has 1 unspecified atom stereocenters. The van der Waals surface area contributed by atoms with Crippen molar-refractivity contribution in [2.45, 2.75) is 51.2 Å². The van der Waals surface area contributed by atoms with Crippen LogP contribution in [0.1, 0.15) is 51.1 Å². The number of ether oxygens (including phenoxy) is 2. The molecule has 0 saturated heterocycles. The van der Waals surface area contributed by atoms with E-state index in [2.05, 4.69) is 6.92 Å². The van der Waals surface area contributed by atoms with Crippen molar-refractivity contribution in [1.82, 2.24) is 0 Å². The first-order valence-corrected chi connectivity index (χ1v) is 7.75. The van der Waals surface area contributed by atoms with Gasteiger partial charge in [-0.3, -0.25) is 0 Å². The molecule has 2 N–H and O–H groups in total. The molecule has 1 aliphatic rings. The predicted octanol–water partition coefficient (Wildman–Crippen LogP) is 3.82. The van der Waals surface area contributed by atoms with E-state index in [1.165, 1.54) is 13.2 Å². The number of hydrogen-bond acceptors (Lipinski definition) is 3. The summed E-state index contributed by atoms with van der Waals surface area (Å²) in [5.74, 6) is 0.872. The molecule has 118 valence electrons. The van der Waals surface area contributed by atoms with Gasteiger partial charge in [-0.15, -0.1) is 0 Å².